The van der Waals surface area contributed by atoms with Crippen LogP contribution in [0.25, 0.3) is 5.52 Å². The number of benzene rings is 1. The lowest BCUT2D eigenvalue weighted by Crippen LogP contribution is -2.54. The zero-order valence-electron chi connectivity index (χ0n) is 14.2. The molecule has 3 aromatic rings. The minimum absolute atomic E-state index is 0.360. The van der Waals surface area contributed by atoms with Gasteiger partial charge in [-0.05, 0) is 24.8 Å². The average molecular weight is 371 g/mol. The van der Waals surface area contributed by atoms with E-state index in [9.17, 15) is 9.90 Å². The molecule has 0 bridgehead atoms. The molecular weight excluding hydrogens is 352 g/mol. The summed E-state index contributed by atoms with van der Waals surface area (Å²) in [6, 6.07) is 9.96. The molecule has 4 rings (SSSR count). The zero-order chi connectivity index (χ0) is 18.1. The number of imidazole rings is 1. The van der Waals surface area contributed by atoms with Crippen molar-refractivity contribution >= 4 is 23.2 Å². The Morgan fingerprint density at radius 2 is 2.04 bits per heavy atom. The standard InChI is InChI=1S/C19H19ClN4O2/c20-16-15-13-22-17(23(15)11-9-21-16)19(12-14-6-2-1-3-7-14)8-4-5-10-24(19)18(25)26/h1-3,6-7,9,11,13H,4-5,8,10,12H2,(H,25,26)/t19-/m0/s1. The van der Waals surface area contributed by atoms with Gasteiger partial charge in [0, 0.05) is 25.4 Å². The molecule has 1 aliphatic heterocycles. The van der Waals surface area contributed by atoms with Crippen molar-refractivity contribution in [3.05, 3.63) is 65.5 Å². The van der Waals surface area contributed by atoms with Crippen LogP contribution in [0.1, 0.15) is 30.7 Å². The Morgan fingerprint density at radius 1 is 1.23 bits per heavy atom. The van der Waals surface area contributed by atoms with E-state index in [2.05, 4.69) is 9.97 Å². The molecule has 0 saturated carbocycles. The number of hydrogen-bond acceptors (Lipinski definition) is 3. The Labute approximate surface area is 156 Å². The minimum Gasteiger partial charge on any atom is -0.465 e. The number of amides is 1. The van der Waals surface area contributed by atoms with Gasteiger partial charge in [0.15, 0.2) is 5.15 Å². The lowest BCUT2D eigenvalue weighted by Gasteiger charge is -2.45. The highest BCUT2D eigenvalue weighted by molar-refractivity contribution is 6.32. The SMILES string of the molecule is O=C(O)N1CCCC[C@]1(Cc1ccccc1)c1ncc2c(Cl)nccn12. The van der Waals surface area contributed by atoms with Crippen LogP contribution in [0.3, 0.4) is 0 Å². The highest BCUT2D eigenvalue weighted by Gasteiger charge is 2.46. The van der Waals surface area contributed by atoms with Crippen LogP contribution >= 0.6 is 11.6 Å². The number of piperidine rings is 1. The normalized spacial score (nSPS) is 20.4. The van der Waals surface area contributed by atoms with Crippen LogP contribution in [0.5, 0.6) is 0 Å². The number of carboxylic acid groups (broad SMARTS) is 1. The number of halogens is 1. The van der Waals surface area contributed by atoms with Crippen LogP contribution in [0.4, 0.5) is 4.79 Å². The molecule has 0 radical (unpaired) electrons. The van der Waals surface area contributed by atoms with Crippen molar-refractivity contribution in [3.63, 3.8) is 0 Å². The van der Waals surface area contributed by atoms with E-state index in [4.69, 9.17) is 11.6 Å². The highest BCUT2D eigenvalue weighted by atomic mass is 35.5. The average Bonchev–Trinajstić information content (AvgIpc) is 3.09. The summed E-state index contributed by atoms with van der Waals surface area (Å²) in [4.78, 5) is 22.4. The molecule has 134 valence electrons. The molecule has 0 spiro atoms. The maximum atomic E-state index is 12.1. The highest BCUT2D eigenvalue weighted by Crippen LogP contribution is 2.40. The first kappa shape index (κ1) is 16.8. The number of rotatable bonds is 3. The molecule has 1 aliphatic rings. The van der Waals surface area contributed by atoms with E-state index in [1.165, 1.54) is 0 Å². The molecule has 1 saturated heterocycles. The summed E-state index contributed by atoms with van der Waals surface area (Å²) in [7, 11) is 0. The fourth-order valence-electron chi connectivity index (χ4n) is 3.98. The first-order valence-corrected chi connectivity index (χ1v) is 9.02. The van der Waals surface area contributed by atoms with E-state index in [0.29, 0.717) is 35.9 Å². The van der Waals surface area contributed by atoms with Gasteiger partial charge >= 0.3 is 6.09 Å². The summed E-state index contributed by atoms with van der Waals surface area (Å²) in [5.41, 5.74) is 1.03. The molecule has 1 amide bonds. The molecule has 1 atom stereocenters. The van der Waals surface area contributed by atoms with Crippen molar-refractivity contribution < 1.29 is 9.90 Å². The smallest absolute Gasteiger partial charge is 0.408 e. The third kappa shape index (κ3) is 2.70. The van der Waals surface area contributed by atoms with E-state index in [1.54, 1.807) is 23.5 Å². The molecule has 6 nitrogen and oxygen atoms in total. The predicted octanol–water partition coefficient (Wildman–Crippen LogP) is 3.98. The third-order valence-electron chi connectivity index (χ3n) is 5.14. The topological polar surface area (TPSA) is 70.7 Å². The first-order chi connectivity index (χ1) is 12.6. The first-order valence-electron chi connectivity index (χ1n) is 8.64. The lowest BCUT2D eigenvalue weighted by atomic mass is 9.80. The Balaban J connectivity index is 1.92. The largest absolute Gasteiger partial charge is 0.465 e. The van der Waals surface area contributed by atoms with Gasteiger partial charge in [0.2, 0.25) is 0 Å². The monoisotopic (exact) mass is 370 g/mol. The maximum Gasteiger partial charge on any atom is 0.408 e. The molecule has 7 heteroatoms. The second-order valence-electron chi connectivity index (χ2n) is 6.64. The maximum absolute atomic E-state index is 12.1. The van der Waals surface area contributed by atoms with Gasteiger partial charge in [0.25, 0.3) is 0 Å². The second kappa shape index (κ2) is 6.61. The van der Waals surface area contributed by atoms with Gasteiger partial charge < -0.3 is 5.11 Å². The van der Waals surface area contributed by atoms with E-state index in [0.717, 1.165) is 18.4 Å². The molecular formula is C19H19ClN4O2. The molecule has 0 unspecified atom stereocenters. The molecule has 0 aliphatic carbocycles. The van der Waals surface area contributed by atoms with E-state index >= 15 is 0 Å². The van der Waals surface area contributed by atoms with Crippen molar-refractivity contribution in [1.82, 2.24) is 19.3 Å². The van der Waals surface area contributed by atoms with E-state index in [-0.39, 0.29) is 0 Å². The van der Waals surface area contributed by atoms with Crippen LogP contribution < -0.4 is 0 Å². The molecule has 2 aromatic heterocycles. The minimum atomic E-state index is -0.919. The Hall–Kier alpha value is -2.60. The number of fused-ring (bicyclic) bond motifs is 1. The Kier molecular flexibility index (Phi) is 4.28. The van der Waals surface area contributed by atoms with Crippen molar-refractivity contribution in [3.8, 4) is 0 Å². The summed E-state index contributed by atoms with van der Waals surface area (Å²) in [6.45, 7) is 0.496. The number of likely N-dealkylation sites (tertiary alicyclic amines) is 1. The van der Waals surface area contributed by atoms with Gasteiger partial charge in [-0.15, -0.1) is 0 Å². The van der Waals surface area contributed by atoms with Gasteiger partial charge in [-0.3, -0.25) is 9.30 Å². The zero-order valence-corrected chi connectivity index (χ0v) is 14.9. The molecule has 1 aromatic carbocycles. The quantitative estimate of drug-likeness (QED) is 0.756. The Morgan fingerprint density at radius 3 is 2.81 bits per heavy atom. The van der Waals surface area contributed by atoms with Gasteiger partial charge in [-0.25, -0.2) is 14.8 Å². The Bertz CT molecular complexity index is 943. The van der Waals surface area contributed by atoms with Crippen molar-refractivity contribution in [2.75, 3.05) is 6.54 Å². The third-order valence-corrected chi connectivity index (χ3v) is 5.43. The van der Waals surface area contributed by atoms with Crippen molar-refractivity contribution in [2.24, 2.45) is 0 Å². The lowest BCUT2D eigenvalue weighted by molar-refractivity contribution is 0.0384. The van der Waals surface area contributed by atoms with Crippen LogP contribution in [-0.2, 0) is 12.0 Å². The van der Waals surface area contributed by atoms with Gasteiger partial charge in [-0.1, -0.05) is 41.9 Å². The molecule has 3 heterocycles. The second-order valence-corrected chi connectivity index (χ2v) is 7.00. The van der Waals surface area contributed by atoms with Crippen molar-refractivity contribution in [2.45, 2.75) is 31.2 Å². The predicted molar refractivity (Wildman–Crippen MR) is 98.4 cm³/mol. The molecule has 1 fully saturated rings. The van der Waals surface area contributed by atoms with Crippen molar-refractivity contribution in [1.29, 1.82) is 0 Å². The van der Waals surface area contributed by atoms with Gasteiger partial charge in [-0.2, -0.15) is 0 Å². The van der Waals surface area contributed by atoms with Crippen LogP contribution in [-0.4, -0.2) is 37.0 Å². The fourth-order valence-corrected chi connectivity index (χ4v) is 4.18. The summed E-state index contributed by atoms with van der Waals surface area (Å²) >= 11 is 6.21. The molecule has 1 N–H and O–H groups in total. The number of hydrogen-bond donors (Lipinski definition) is 1. The number of carbonyl (C=O) groups is 1. The van der Waals surface area contributed by atoms with Crippen LogP contribution in [0.2, 0.25) is 5.15 Å². The van der Waals surface area contributed by atoms with Crippen LogP contribution in [0.15, 0.2) is 48.9 Å². The number of aromatic nitrogens is 3. The number of nitrogens with zero attached hydrogens (tertiary/aromatic N) is 4. The van der Waals surface area contributed by atoms with E-state index < -0.39 is 11.6 Å². The van der Waals surface area contributed by atoms with Gasteiger partial charge in [0.05, 0.1) is 6.20 Å². The fraction of sp³-hybridized carbons (Fsp3) is 0.316. The summed E-state index contributed by atoms with van der Waals surface area (Å²) in [5.74, 6) is 0.697. The van der Waals surface area contributed by atoms with Gasteiger partial charge in [0.1, 0.15) is 16.9 Å². The summed E-state index contributed by atoms with van der Waals surface area (Å²) in [6.07, 6.45) is 7.25. The molecule has 26 heavy (non-hydrogen) atoms. The van der Waals surface area contributed by atoms with E-state index in [1.807, 2.05) is 34.7 Å². The summed E-state index contributed by atoms with van der Waals surface area (Å²) < 4.78 is 1.87. The van der Waals surface area contributed by atoms with Crippen LogP contribution in [0, 0.1) is 0 Å². The summed E-state index contributed by atoms with van der Waals surface area (Å²) in [5, 5.41) is 10.3.